The van der Waals surface area contributed by atoms with Gasteiger partial charge in [0.15, 0.2) is 0 Å². The molecule has 0 saturated heterocycles. The zero-order valence-electron chi connectivity index (χ0n) is 17.1. The van der Waals surface area contributed by atoms with Gasteiger partial charge >= 0.3 is 12.1 Å². The van der Waals surface area contributed by atoms with Crippen LogP contribution in [0.1, 0.15) is 13.8 Å². The maximum Gasteiger partial charge on any atom is 0.456 e. The van der Waals surface area contributed by atoms with Gasteiger partial charge in [-0.1, -0.05) is 23.2 Å². The normalized spacial score (nSPS) is 12.5. The van der Waals surface area contributed by atoms with Gasteiger partial charge in [0.05, 0.1) is 11.4 Å². The number of rotatable bonds is 6. The number of hydrogen-bond donors (Lipinski definition) is 3. The van der Waals surface area contributed by atoms with Gasteiger partial charge in [0, 0.05) is 10.0 Å². The van der Waals surface area contributed by atoms with Gasteiger partial charge < -0.3 is 10.2 Å². The summed E-state index contributed by atoms with van der Waals surface area (Å²) in [5.41, 5.74) is 2.07. The molecule has 0 fully saturated rings. The Bertz CT molecular complexity index is 1060. The van der Waals surface area contributed by atoms with Crippen molar-refractivity contribution in [3.63, 3.8) is 0 Å². The Labute approximate surface area is 196 Å². The molecule has 0 heterocycles. The molecule has 0 aromatic heterocycles. The highest BCUT2D eigenvalue weighted by molar-refractivity contribution is 6.41. The van der Waals surface area contributed by atoms with Crippen LogP contribution in [0.15, 0.2) is 75.3 Å². The molecule has 2 rings (SSSR count). The summed E-state index contributed by atoms with van der Waals surface area (Å²) in [6.45, 7) is 2.21. The number of benzene rings is 2. The summed E-state index contributed by atoms with van der Waals surface area (Å²) >= 11 is 11.3. The van der Waals surface area contributed by atoms with Crippen molar-refractivity contribution < 1.29 is 33.0 Å². The van der Waals surface area contributed by atoms with Crippen LogP contribution in [0.5, 0.6) is 0 Å². The lowest BCUT2D eigenvalue weighted by atomic mass is 10.3. The first kappa shape index (κ1) is 27.6. The van der Waals surface area contributed by atoms with Crippen molar-refractivity contribution in [3.8, 4) is 0 Å². The number of alkyl halides is 3. The number of hydrogen-bond acceptors (Lipinski definition) is 7. The second-order valence-electron chi connectivity index (χ2n) is 6.06. The van der Waals surface area contributed by atoms with Crippen molar-refractivity contribution in [2.24, 2.45) is 15.3 Å². The molecule has 0 bridgehead atoms. The van der Waals surface area contributed by atoms with E-state index in [0.717, 1.165) is 6.92 Å². The van der Waals surface area contributed by atoms with E-state index >= 15 is 0 Å². The SMILES string of the molecule is C/C(=N\Nc1ccc(Cl)cc1)C(=O)C(F)(F)F.CC(O)=C(N=Nc1ccc(Cl)cc1)C(=O)O. The number of ketones is 1. The Kier molecular flexibility index (Phi) is 10.5. The highest BCUT2D eigenvalue weighted by Crippen LogP contribution is 2.19. The first-order chi connectivity index (χ1) is 15.3. The van der Waals surface area contributed by atoms with Gasteiger partial charge in [0.2, 0.25) is 5.70 Å². The molecule has 0 unspecified atom stereocenters. The number of nitrogens with one attached hydrogen (secondary N) is 1. The van der Waals surface area contributed by atoms with Gasteiger partial charge in [0.1, 0.15) is 11.5 Å². The van der Waals surface area contributed by atoms with Gasteiger partial charge in [0.25, 0.3) is 5.78 Å². The van der Waals surface area contributed by atoms with Crippen molar-refractivity contribution in [1.29, 1.82) is 0 Å². The second kappa shape index (κ2) is 12.6. The number of aliphatic carboxylic acids is 1. The molecular formula is C20H17Cl2F3N4O4. The quantitative estimate of drug-likeness (QED) is 0.135. The molecule has 0 aliphatic carbocycles. The number of allylic oxidation sites excluding steroid dienone is 1. The van der Waals surface area contributed by atoms with Crippen molar-refractivity contribution >= 4 is 52.0 Å². The number of aliphatic hydroxyl groups is 1. The summed E-state index contributed by atoms with van der Waals surface area (Å²) in [6, 6.07) is 12.5. The van der Waals surface area contributed by atoms with E-state index in [1.165, 1.54) is 19.1 Å². The zero-order chi connectivity index (χ0) is 25.2. The van der Waals surface area contributed by atoms with Crippen LogP contribution in [-0.4, -0.2) is 33.9 Å². The third-order valence-electron chi connectivity index (χ3n) is 3.42. The smallest absolute Gasteiger partial charge is 0.456 e. The maximum absolute atomic E-state index is 12.0. The molecule has 0 atom stereocenters. The van der Waals surface area contributed by atoms with E-state index in [4.69, 9.17) is 33.4 Å². The molecular weight excluding hydrogens is 488 g/mol. The lowest BCUT2D eigenvalue weighted by Gasteiger charge is -2.05. The predicted octanol–water partition coefficient (Wildman–Crippen LogP) is 6.56. The molecule has 2 aromatic carbocycles. The van der Waals surface area contributed by atoms with E-state index < -0.39 is 35.1 Å². The van der Waals surface area contributed by atoms with Crippen molar-refractivity contribution in [1.82, 2.24) is 0 Å². The van der Waals surface area contributed by atoms with E-state index in [0.29, 0.717) is 21.4 Å². The number of halogens is 5. The first-order valence-electron chi connectivity index (χ1n) is 8.79. The highest BCUT2D eigenvalue weighted by atomic mass is 35.5. The molecule has 176 valence electrons. The standard InChI is InChI=1S/C10H8ClF3N2O.C10H9ClN2O3/c1-6(9(17)10(12,13)14)15-16-8-4-2-7(11)3-5-8;1-6(14)9(10(15)16)13-12-8-4-2-7(11)3-5-8/h2-5,16H,1H3;2-5,14H,1H3,(H,15,16)/b15-6+;. The van der Waals surface area contributed by atoms with Crippen LogP contribution < -0.4 is 5.43 Å². The van der Waals surface area contributed by atoms with Crippen molar-refractivity contribution in [2.75, 3.05) is 5.43 Å². The van der Waals surface area contributed by atoms with E-state index in [1.807, 2.05) is 0 Å². The Morgan fingerprint density at radius 1 is 0.909 bits per heavy atom. The van der Waals surface area contributed by atoms with Crippen molar-refractivity contribution in [2.45, 2.75) is 20.0 Å². The lowest BCUT2D eigenvalue weighted by molar-refractivity contribution is -0.163. The molecule has 0 saturated carbocycles. The molecule has 0 spiro atoms. The number of aliphatic hydroxyl groups excluding tert-OH is 1. The first-order valence-corrected chi connectivity index (χ1v) is 9.54. The number of carbonyl (C=O) groups excluding carboxylic acids is 1. The number of anilines is 1. The molecule has 0 aliphatic rings. The lowest BCUT2D eigenvalue weighted by Crippen LogP contribution is -2.29. The summed E-state index contributed by atoms with van der Waals surface area (Å²) in [5, 5.41) is 29.2. The topological polar surface area (TPSA) is 124 Å². The monoisotopic (exact) mass is 504 g/mol. The van der Waals surface area contributed by atoms with E-state index in [-0.39, 0.29) is 0 Å². The van der Waals surface area contributed by atoms with Crippen LogP contribution in [0.4, 0.5) is 24.5 Å². The van der Waals surface area contributed by atoms with Crippen LogP contribution >= 0.6 is 23.2 Å². The van der Waals surface area contributed by atoms with Crippen LogP contribution in [0, 0.1) is 0 Å². The molecule has 0 aliphatic heterocycles. The minimum absolute atomic E-state index is 0.398. The minimum Gasteiger partial charge on any atom is -0.510 e. The van der Waals surface area contributed by atoms with Gasteiger partial charge in [-0.2, -0.15) is 23.4 Å². The Morgan fingerprint density at radius 2 is 1.39 bits per heavy atom. The van der Waals surface area contributed by atoms with Crippen LogP contribution in [0.2, 0.25) is 10.0 Å². The van der Waals surface area contributed by atoms with Gasteiger partial charge in [-0.05, 0) is 62.4 Å². The molecule has 0 amide bonds. The summed E-state index contributed by atoms with van der Waals surface area (Å²) in [4.78, 5) is 21.3. The van der Waals surface area contributed by atoms with Crippen LogP contribution in [-0.2, 0) is 9.59 Å². The maximum atomic E-state index is 12.0. The third-order valence-corrected chi connectivity index (χ3v) is 3.92. The number of carboxylic acids is 1. The van der Waals surface area contributed by atoms with Crippen molar-refractivity contribution in [3.05, 3.63) is 70.0 Å². The van der Waals surface area contributed by atoms with Crippen LogP contribution in [0.25, 0.3) is 0 Å². The fourth-order valence-electron chi connectivity index (χ4n) is 1.81. The Balaban J connectivity index is 0.000000331. The molecule has 33 heavy (non-hydrogen) atoms. The second-order valence-corrected chi connectivity index (χ2v) is 6.93. The third kappa shape index (κ3) is 10.1. The summed E-state index contributed by atoms with van der Waals surface area (Å²) in [7, 11) is 0. The molecule has 3 N–H and O–H groups in total. The van der Waals surface area contributed by atoms with Gasteiger partial charge in [-0.25, -0.2) is 4.79 Å². The minimum atomic E-state index is -4.91. The fraction of sp³-hybridized carbons (Fsp3) is 0.150. The van der Waals surface area contributed by atoms with E-state index in [2.05, 4.69) is 20.8 Å². The Morgan fingerprint density at radius 3 is 1.82 bits per heavy atom. The molecule has 0 radical (unpaired) electrons. The average Bonchev–Trinajstić information content (AvgIpc) is 2.73. The van der Waals surface area contributed by atoms with Gasteiger partial charge in [-0.15, -0.1) is 5.11 Å². The highest BCUT2D eigenvalue weighted by Gasteiger charge is 2.40. The largest absolute Gasteiger partial charge is 0.510 e. The summed E-state index contributed by atoms with van der Waals surface area (Å²) < 4.78 is 36.0. The molecule has 13 heteroatoms. The van der Waals surface area contributed by atoms with Gasteiger partial charge in [-0.3, -0.25) is 10.2 Å². The van der Waals surface area contributed by atoms with Crippen LogP contribution in [0.3, 0.4) is 0 Å². The number of azo groups is 1. The number of carboxylic acid groups (broad SMARTS) is 1. The number of hydrazone groups is 1. The molecule has 2 aromatic rings. The predicted molar refractivity (Wildman–Crippen MR) is 118 cm³/mol. The average molecular weight is 505 g/mol. The fourth-order valence-corrected chi connectivity index (χ4v) is 2.07. The van der Waals surface area contributed by atoms with E-state index in [1.54, 1.807) is 36.4 Å². The Hall–Kier alpha value is -3.44. The number of Topliss-reactive ketones (excluding diaryl/α,β-unsaturated/α-hetero) is 1. The summed E-state index contributed by atoms with van der Waals surface area (Å²) in [5.74, 6) is -3.71. The zero-order valence-corrected chi connectivity index (χ0v) is 18.6. The number of carbonyl (C=O) groups is 2. The number of nitrogens with zero attached hydrogens (tertiary/aromatic N) is 3. The van der Waals surface area contributed by atoms with E-state index in [9.17, 15) is 22.8 Å². The summed E-state index contributed by atoms with van der Waals surface area (Å²) in [6.07, 6.45) is -4.91. The molecule has 8 nitrogen and oxygen atoms in total.